The maximum atomic E-state index is 12.2. The first-order valence-corrected chi connectivity index (χ1v) is 32.7. The van der Waals surface area contributed by atoms with Gasteiger partial charge in [0.05, 0.1) is 19.8 Å². The van der Waals surface area contributed by atoms with Crippen LogP contribution >= 0.6 is 95.1 Å². The highest BCUT2D eigenvalue weighted by Gasteiger charge is 2.10. The average molecular weight is 1200 g/mol. The van der Waals surface area contributed by atoms with Gasteiger partial charge < -0.3 is 19.3 Å². The van der Waals surface area contributed by atoms with E-state index >= 15 is 0 Å². The second kappa shape index (κ2) is 48.7. The number of carbonyl (C=O) groups excluding carboxylic acids is 5. The number of unbranched alkanes of at least 4 members (excludes halogenated alkanes) is 2. The van der Waals surface area contributed by atoms with Gasteiger partial charge in [0.1, 0.15) is 23.0 Å². The average Bonchev–Trinajstić information content (AvgIpc) is 3.35. The van der Waals surface area contributed by atoms with Crippen molar-refractivity contribution in [2.45, 2.75) is 60.3 Å². The summed E-state index contributed by atoms with van der Waals surface area (Å²) in [6.45, 7) is 8.97. The summed E-state index contributed by atoms with van der Waals surface area (Å²) in [5.74, 6) is 2.29. The Bertz CT molecular complexity index is 2210. The SMILES string of the molecule is C.C.C=CC(=O)c1ccc(O)cc1.C=CC(=O)c1ccc(OC(=O)c2ccc(CCCCC)cc2)cc1.COc1ccc(C(=O)CCCl)cc1.COc1ccccc1.O=C(Cl)CCCl.[Cl][Al]([Cl])[Cl].[Cl][Al]([Cl])[Cl]. The summed E-state index contributed by atoms with van der Waals surface area (Å²) in [7, 11) is 32.9. The van der Waals surface area contributed by atoms with E-state index in [1.807, 2.05) is 42.5 Å². The lowest BCUT2D eigenvalue weighted by molar-refractivity contribution is -0.111. The molecule has 9 nitrogen and oxygen atoms in total. The number of ketones is 3. The number of ether oxygens (including phenoxy) is 3. The quantitative estimate of drug-likeness (QED) is 0.0141. The molecule has 72 heavy (non-hydrogen) atoms. The minimum Gasteiger partial charge on any atom is -0.508 e. The van der Waals surface area contributed by atoms with Crippen molar-refractivity contribution >= 4 is 146 Å². The number of phenolic OH excluding ortho intramolecular Hbond substituents is 1. The van der Waals surface area contributed by atoms with Gasteiger partial charge in [-0.2, -0.15) is 0 Å². The number of alkyl halides is 2. The van der Waals surface area contributed by atoms with Gasteiger partial charge in [-0.15, -0.1) is 23.2 Å². The van der Waals surface area contributed by atoms with E-state index in [1.165, 1.54) is 42.7 Å². The van der Waals surface area contributed by atoms with Gasteiger partial charge in [0.2, 0.25) is 5.24 Å². The number of para-hydroxylation sites is 1. The van der Waals surface area contributed by atoms with E-state index in [0.29, 0.717) is 46.2 Å². The molecule has 0 atom stereocenters. The van der Waals surface area contributed by atoms with Crippen LogP contribution in [0.15, 0.2) is 153 Å². The topological polar surface area (TPSA) is 133 Å². The fraction of sp³-hybridized carbons (Fsp3) is 0.250. The molecule has 5 aromatic rings. The van der Waals surface area contributed by atoms with Gasteiger partial charge in [0.25, 0.3) is 0 Å². The molecule has 0 radical (unpaired) electrons. The zero-order valence-electron chi connectivity index (χ0n) is 38.6. The van der Waals surface area contributed by atoms with Crippen LogP contribution in [0.5, 0.6) is 23.0 Å². The Kier molecular flexibility index (Phi) is 51.0. The van der Waals surface area contributed by atoms with E-state index in [1.54, 1.807) is 87.0 Å². The van der Waals surface area contributed by atoms with E-state index in [4.69, 9.17) is 114 Å². The first kappa shape index (κ1) is 75.3. The third-order valence-corrected chi connectivity index (χ3v) is 8.70. The molecule has 0 aromatic heterocycles. The number of rotatable bonds is 17. The minimum atomic E-state index is -1.72. The second-order valence-corrected chi connectivity index (χ2v) is 27.2. The largest absolute Gasteiger partial charge is 0.643 e. The summed E-state index contributed by atoms with van der Waals surface area (Å²) in [5, 5.41) is 8.50. The van der Waals surface area contributed by atoms with Gasteiger partial charge in [0, 0.05) is 41.3 Å². The van der Waals surface area contributed by atoms with Crippen LogP contribution < -0.4 is 14.2 Å². The van der Waals surface area contributed by atoms with Crippen molar-refractivity contribution in [2.75, 3.05) is 26.0 Å². The zero-order valence-corrected chi connectivity index (χ0v) is 47.7. The predicted molar refractivity (Wildman–Crippen MR) is 310 cm³/mol. The normalized spacial score (nSPS) is 8.94. The Morgan fingerprint density at radius 2 is 0.944 bits per heavy atom. The van der Waals surface area contributed by atoms with Crippen molar-refractivity contribution < 1.29 is 43.3 Å². The highest BCUT2D eigenvalue weighted by Crippen LogP contribution is 2.17. The molecular weight excluding hydrogens is 1140 g/mol. The number of carbonyl (C=O) groups is 5. The van der Waals surface area contributed by atoms with Gasteiger partial charge in [-0.3, -0.25) is 19.2 Å². The summed E-state index contributed by atoms with van der Waals surface area (Å²) < 4.78 is 15.2. The molecule has 0 aliphatic carbocycles. The Morgan fingerprint density at radius 3 is 1.31 bits per heavy atom. The van der Waals surface area contributed by atoms with Crippen molar-refractivity contribution in [3.63, 3.8) is 0 Å². The summed E-state index contributed by atoms with van der Waals surface area (Å²) in [4.78, 5) is 55.6. The zero-order chi connectivity index (χ0) is 53.3. The Hall–Kier alpha value is -3.20. The number of hydrogen-bond donors (Lipinski definition) is 1. The van der Waals surface area contributed by atoms with Gasteiger partial charge >= 0.3 is 28.7 Å². The minimum absolute atomic E-state index is 0. The molecule has 20 heteroatoms. The fourth-order valence-electron chi connectivity index (χ4n) is 4.74. The van der Waals surface area contributed by atoms with Crippen molar-refractivity contribution in [1.29, 1.82) is 0 Å². The van der Waals surface area contributed by atoms with Crippen LogP contribution in [0.2, 0.25) is 0 Å². The van der Waals surface area contributed by atoms with Crippen molar-refractivity contribution in [3.05, 3.63) is 181 Å². The van der Waals surface area contributed by atoms with E-state index in [2.05, 4.69) is 20.1 Å². The molecule has 0 heterocycles. The first-order valence-electron chi connectivity index (χ1n) is 20.8. The molecule has 0 fully saturated rings. The monoisotopic (exact) mass is 1200 g/mol. The molecule has 0 aliphatic heterocycles. The number of Topliss-reactive ketones (excluding diaryl/α,β-unsaturated/α-hetero) is 1. The molecule has 0 amide bonds. The maximum absolute atomic E-state index is 12.2. The second-order valence-electron chi connectivity index (χ2n) is 13.1. The first-order chi connectivity index (χ1) is 33.3. The smallest absolute Gasteiger partial charge is 0.508 e. The molecule has 0 aliphatic rings. The molecule has 0 unspecified atom stereocenters. The summed E-state index contributed by atoms with van der Waals surface area (Å²) in [6, 6.07) is 36.7. The molecule has 5 aromatic carbocycles. The van der Waals surface area contributed by atoms with Crippen molar-refractivity contribution in [2.24, 2.45) is 0 Å². The van der Waals surface area contributed by atoms with Crippen LogP contribution in [0.4, 0.5) is 0 Å². The molecule has 0 saturated carbocycles. The highest BCUT2D eigenvalue weighted by molar-refractivity contribution is 7.54. The molecule has 392 valence electrons. The lowest BCUT2D eigenvalue weighted by atomic mass is 10.1. The van der Waals surface area contributed by atoms with Crippen LogP contribution in [-0.2, 0) is 11.2 Å². The third kappa shape index (κ3) is 41.2. The van der Waals surface area contributed by atoms with Crippen LogP contribution in [0.1, 0.15) is 101 Å². The van der Waals surface area contributed by atoms with Gasteiger partial charge in [-0.25, -0.2) is 65.1 Å². The Labute approximate surface area is 475 Å². The number of esters is 1. The standard InChI is InChI=1S/C21H22O3.C10H11ClO2.C9H8O2.C7H8O.C3H4Cl2O.2CH4.2Al.6ClH/c1-3-5-6-7-16-8-10-18(11-9-16)21(23)24-19-14-12-17(13-15-19)20(22)4-2;1-13-9-4-2-8(3-5-9)10(12)6-7-11;1-2-9(11)7-3-5-8(10)6-4-7;1-8-7-5-3-2-4-6-7;4-2-1-3(5)6;;;;;;;;;;/h4,8-15H,2-3,5-7H2,1H3;2-5H,6-7H2,1H3;2-6,10H,1H2;2-6H,1H3;1-2H2;2*1H4;;;6*1H/q;;;;;;;2*+3;;;;;;/p-6. The van der Waals surface area contributed by atoms with Gasteiger partial charge in [-0.1, -0.05) is 78.1 Å². The number of phenols is 1. The van der Waals surface area contributed by atoms with E-state index < -0.39 is 28.7 Å². The lowest BCUT2D eigenvalue weighted by Crippen LogP contribution is -2.08. The number of hydrogen-bond acceptors (Lipinski definition) is 9. The number of aryl methyl sites for hydroxylation is 1. The molecular formula is C52H61Al2Cl9O9. The van der Waals surface area contributed by atoms with Crippen LogP contribution in [-0.4, -0.2) is 82.4 Å². The summed E-state index contributed by atoms with van der Waals surface area (Å²) in [6.07, 6.45) is 7.75. The fourth-order valence-corrected chi connectivity index (χ4v) is 5.27. The van der Waals surface area contributed by atoms with Crippen molar-refractivity contribution in [1.82, 2.24) is 0 Å². The molecule has 5 rings (SSSR count). The molecule has 1 N–H and O–H groups in total. The summed E-state index contributed by atoms with van der Waals surface area (Å²) >= 11 is 12.0. The van der Waals surface area contributed by atoms with E-state index in [9.17, 15) is 24.0 Å². The molecule has 0 spiro atoms. The molecule has 0 saturated heterocycles. The van der Waals surface area contributed by atoms with Gasteiger partial charge in [-0.05, 0) is 139 Å². The number of benzene rings is 5. The highest BCUT2D eigenvalue weighted by atomic mass is 35.8. The summed E-state index contributed by atoms with van der Waals surface area (Å²) in [5.41, 5.74) is 3.48. The van der Waals surface area contributed by atoms with E-state index in [-0.39, 0.29) is 49.6 Å². The number of aromatic hydroxyl groups is 1. The van der Waals surface area contributed by atoms with Crippen molar-refractivity contribution in [3.8, 4) is 23.0 Å². The van der Waals surface area contributed by atoms with Crippen LogP contribution in [0.25, 0.3) is 0 Å². The molecule has 0 bridgehead atoms. The van der Waals surface area contributed by atoms with Crippen LogP contribution in [0, 0.1) is 0 Å². The number of halogens is 9. The third-order valence-electron chi connectivity index (χ3n) is 8.13. The van der Waals surface area contributed by atoms with E-state index in [0.717, 1.165) is 24.3 Å². The Morgan fingerprint density at radius 1 is 0.556 bits per heavy atom. The van der Waals surface area contributed by atoms with Crippen LogP contribution in [0.3, 0.4) is 0 Å². The van der Waals surface area contributed by atoms with Gasteiger partial charge in [0.15, 0.2) is 17.3 Å². The predicted octanol–water partition coefficient (Wildman–Crippen LogP) is 17.0. The number of methoxy groups -OCH3 is 2. The number of allylic oxidation sites excluding steroid dienone is 2. The lowest BCUT2D eigenvalue weighted by Gasteiger charge is -2.06. The maximum Gasteiger partial charge on any atom is 0.643 e. The Balaban J connectivity index is -0.000000412.